The van der Waals surface area contributed by atoms with Crippen LogP contribution >= 0.6 is 0 Å². The highest BCUT2D eigenvalue weighted by molar-refractivity contribution is 5.58. The van der Waals surface area contributed by atoms with E-state index in [0.717, 1.165) is 5.56 Å². The quantitative estimate of drug-likeness (QED) is 0.641. The fourth-order valence-electron chi connectivity index (χ4n) is 1.08. The van der Waals surface area contributed by atoms with Crippen molar-refractivity contribution < 1.29 is 0 Å². The van der Waals surface area contributed by atoms with E-state index < -0.39 is 0 Å². The van der Waals surface area contributed by atoms with Crippen LogP contribution in [0, 0.1) is 0 Å². The normalized spacial score (nSPS) is 10.0. The van der Waals surface area contributed by atoms with E-state index in [0.29, 0.717) is 11.5 Å². The average Bonchev–Trinajstić information content (AvgIpc) is 2.19. The minimum Gasteiger partial charge on any atom is -0.399 e. The van der Waals surface area contributed by atoms with Gasteiger partial charge in [0.05, 0.1) is 0 Å². The Bertz CT molecular complexity index is 437. The Kier molecular flexibility index (Phi) is 1.98. The molecule has 0 spiro atoms. The Labute approximate surface area is 80.8 Å². The van der Waals surface area contributed by atoms with Gasteiger partial charge in [-0.1, -0.05) is 0 Å². The van der Waals surface area contributed by atoms with Crippen LogP contribution in [0.5, 0.6) is 0 Å². The fourth-order valence-corrected chi connectivity index (χ4v) is 1.08. The van der Waals surface area contributed by atoms with Crippen LogP contribution in [0.3, 0.4) is 0 Å². The summed E-state index contributed by atoms with van der Waals surface area (Å²) >= 11 is 0. The highest BCUT2D eigenvalue weighted by Crippen LogP contribution is 2.15. The molecule has 0 aliphatic heterocycles. The molecule has 14 heavy (non-hydrogen) atoms. The predicted octanol–water partition coefficient (Wildman–Crippen LogP) is 0.703. The van der Waals surface area contributed by atoms with Crippen LogP contribution in [0.25, 0.3) is 11.4 Å². The van der Waals surface area contributed by atoms with Gasteiger partial charge in [-0.25, -0.2) is 9.97 Å². The molecule has 0 saturated carbocycles. The molecule has 70 valence electrons. The second-order valence-corrected chi connectivity index (χ2v) is 2.79. The SMILES string of the molecule is Nc1ccc(-c2ncnc(N)n2)cc1. The largest absolute Gasteiger partial charge is 0.399 e. The van der Waals surface area contributed by atoms with Gasteiger partial charge in [-0.15, -0.1) is 0 Å². The first kappa shape index (κ1) is 8.43. The lowest BCUT2D eigenvalue weighted by Crippen LogP contribution is -1.98. The summed E-state index contributed by atoms with van der Waals surface area (Å²) in [4.78, 5) is 11.7. The molecule has 0 bridgehead atoms. The Balaban J connectivity index is 2.44. The van der Waals surface area contributed by atoms with Crippen molar-refractivity contribution in [1.82, 2.24) is 15.0 Å². The van der Waals surface area contributed by atoms with E-state index in [1.165, 1.54) is 6.33 Å². The van der Waals surface area contributed by atoms with Gasteiger partial charge < -0.3 is 11.5 Å². The van der Waals surface area contributed by atoms with Gasteiger partial charge in [0.15, 0.2) is 5.82 Å². The molecule has 0 aliphatic carbocycles. The monoisotopic (exact) mass is 187 g/mol. The summed E-state index contributed by atoms with van der Waals surface area (Å²) in [6.45, 7) is 0. The first-order valence-electron chi connectivity index (χ1n) is 4.06. The second kappa shape index (κ2) is 3.29. The first-order valence-corrected chi connectivity index (χ1v) is 4.06. The second-order valence-electron chi connectivity index (χ2n) is 2.79. The van der Waals surface area contributed by atoms with Gasteiger partial charge in [0, 0.05) is 11.3 Å². The molecule has 0 unspecified atom stereocenters. The van der Waals surface area contributed by atoms with Crippen LogP contribution in [0.2, 0.25) is 0 Å². The van der Waals surface area contributed by atoms with E-state index in [1.54, 1.807) is 12.1 Å². The summed E-state index contributed by atoms with van der Waals surface area (Å²) in [5, 5.41) is 0. The van der Waals surface area contributed by atoms with Crippen molar-refractivity contribution in [3.8, 4) is 11.4 Å². The number of nitrogen functional groups attached to an aromatic ring is 2. The van der Waals surface area contributed by atoms with Crippen molar-refractivity contribution in [2.45, 2.75) is 0 Å². The van der Waals surface area contributed by atoms with Crippen LogP contribution in [-0.4, -0.2) is 15.0 Å². The van der Waals surface area contributed by atoms with Gasteiger partial charge in [-0.3, -0.25) is 0 Å². The van der Waals surface area contributed by atoms with Crippen molar-refractivity contribution in [1.29, 1.82) is 0 Å². The molecule has 0 aliphatic rings. The number of anilines is 2. The van der Waals surface area contributed by atoms with Crippen molar-refractivity contribution in [2.75, 3.05) is 11.5 Å². The number of hydrogen-bond donors (Lipinski definition) is 2. The first-order chi connectivity index (χ1) is 6.75. The smallest absolute Gasteiger partial charge is 0.223 e. The molecule has 2 aromatic rings. The lowest BCUT2D eigenvalue weighted by Gasteiger charge is -1.99. The lowest BCUT2D eigenvalue weighted by atomic mass is 10.2. The molecule has 0 amide bonds. The van der Waals surface area contributed by atoms with Crippen molar-refractivity contribution in [3.63, 3.8) is 0 Å². The highest BCUT2D eigenvalue weighted by Gasteiger charge is 2.00. The zero-order valence-electron chi connectivity index (χ0n) is 7.38. The van der Waals surface area contributed by atoms with E-state index in [2.05, 4.69) is 15.0 Å². The fraction of sp³-hybridized carbons (Fsp3) is 0. The molecule has 1 aromatic carbocycles. The summed E-state index contributed by atoms with van der Waals surface area (Å²) < 4.78 is 0. The number of nitrogens with two attached hydrogens (primary N) is 2. The predicted molar refractivity (Wildman–Crippen MR) is 54.1 cm³/mol. The Morgan fingerprint density at radius 2 is 1.64 bits per heavy atom. The van der Waals surface area contributed by atoms with Crippen molar-refractivity contribution in [2.24, 2.45) is 0 Å². The number of benzene rings is 1. The summed E-state index contributed by atoms with van der Waals surface area (Å²) in [6.07, 6.45) is 1.38. The maximum Gasteiger partial charge on any atom is 0.223 e. The molecule has 0 atom stereocenters. The third-order valence-corrected chi connectivity index (χ3v) is 1.76. The zero-order valence-corrected chi connectivity index (χ0v) is 7.38. The van der Waals surface area contributed by atoms with E-state index in [9.17, 15) is 0 Å². The molecule has 1 heterocycles. The molecule has 0 saturated heterocycles. The maximum absolute atomic E-state index is 5.56. The molecule has 0 radical (unpaired) electrons. The Hall–Kier alpha value is -2.17. The van der Waals surface area contributed by atoms with Gasteiger partial charge >= 0.3 is 0 Å². The molecule has 5 heteroatoms. The van der Waals surface area contributed by atoms with Crippen LogP contribution in [-0.2, 0) is 0 Å². The van der Waals surface area contributed by atoms with Gasteiger partial charge in [0.2, 0.25) is 5.95 Å². The van der Waals surface area contributed by atoms with Crippen molar-refractivity contribution >= 4 is 11.6 Å². The van der Waals surface area contributed by atoms with Crippen LogP contribution in [0.4, 0.5) is 11.6 Å². The van der Waals surface area contributed by atoms with E-state index in [4.69, 9.17) is 11.5 Å². The maximum atomic E-state index is 5.56. The summed E-state index contributed by atoms with van der Waals surface area (Å²) in [5.74, 6) is 0.768. The Morgan fingerprint density at radius 3 is 2.29 bits per heavy atom. The van der Waals surface area contributed by atoms with Gasteiger partial charge in [0.25, 0.3) is 0 Å². The number of nitrogens with zero attached hydrogens (tertiary/aromatic N) is 3. The summed E-state index contributed by atoms with van der Waals surface area (Å²) in [6, 6.07) is 7.25. The minimum absolute atomic E-state index is 0.215. The minimum atomic E-state index is 0.215. The van der Waals surface area contributed by atoms with Gasteiger partial charge in [-0.05, 0) is 24.3 Å². The molecule has 5 nitrogen and oxygen atoms in total. The third kappa shape index (κ3) is 1.61. The topological polar surface area (TPSA) is 90.7 Å². The van der Waals surface area contributed by atoms with Gasteiger partial charge in [0.1, 0.15) is 6.33 Å². The van der Waals surface area contributed by atoms with Crippen LogP contribution < -0.4 is 11.5 Å². The molecule has 1 aromatic heterocycles. The van der Waals surface area contributed by atoms with E-state index in [1.807, 2.05) is 12.1 Å². The number of rotatable bonds is 1. The Morgan fingerprint density at radius 1 is 0.929 bits per heavy atom. The molecular formula is C9H9N5. The van der Waals surface area contributed by atoms with E-state index >= 15 is 0 Å². The highest BCUT2D eigenvalue weighted by atomic mass is 15.1. The molecule has 2 rings (SSSR count). The number of aromatic nitrogens is 3. The summed E-state index contributed by atoms with van der Waals surface area (Å²) in [5.41, 5.74) is 12.6. The van der Waals surface area contributed by atoms with Crippen molar-refractivity contribution in [3.05, 3.63) is 30.6 Å². The van der Waals surface area contributed by atoms with Crippen LogP contribution in [0.1, 0.15) is 0 Å². The number of hydrogen-bond acceptors (Lipinski definition) is 5. The third-order valence-electron chi connectivity index (χ3n) is 1.76. The van der Waals surface area contributed by atoms with E-state index in [-0.39, 0.29) is 5.95 Å². The lowest BCUT2D eigenvalue weighted by molar-refractivity contribution is 1.07. The molecule has 4 N–H and O–H groups in total. The summed E-state index contributed by atoms with van der Waals surface area (Å²) in [7, 11) is 0. The molecular weight excluding hydrogens is 178 g/mol. The van der Waals surface area contributed by atoms with Gasteiger partial charge in [-0.2, -0.15) is 4.98 Å². The zero-order chi connectivity index (χ0) is 9.97. The average molecular weight is 187 g/mol. The standard InChI is InChI=1S/C9H9N5/c10-7-3-1-6(2-4-7)8-12-5-13-9(11)14-8/h1-5H,10H2,(H2,11,12,13,14). The van der Waals surface area contributed by atoms with Crippen LogP contribution in [0.15, 0.2) is 30.6 Å². The molecule has 0 fully saturated rings.